The molecule has 2 saturated carbocycles. The van der Waals surface area contributed by atoms with Crippen molar-refractivity contribution in [2.75, 3.05) is 7.05 Å². The summed E-state index contributed by atoms with van der Waals surface area (Å²) in [5.41, 5.74) is 0. The van der Waals surface area contributed by atoms with Gasteiger partial charge in [0.2, 0.25) is 0 Å². The molecule has 0 amide bonds. The van der Waals surface area contributed by atoms with E-state index in [4.69, 9.17) is 0 Å². The molecule has 4 unspecified atom stereocenters. The first-order chi connectivity index (χ1) is 8.48. The van der Waals surface area contributed by atoms with Gasteiger partial charge in [0.05, 0.1) is 0 Å². The molecule has 0 radical (unpaired) electrons. The summed E-state index contributed by atoms with van der Waals surface area (Å²) in [6.07, 6.45) is 2.81. The molecule has 106 valence electrons. The maximum atomic E-state index is 12.1. The lowest BCUT2D eigenvalue weighted by molar-refractivity contribution is -0.135. The van der Waals surface area contributed by atoms with E-state index in [0.29, 0.717) is 6.42 Å². The lowest BCUT2D eigenvalue weighted by atomic mass is 9.83. The summed E-state index contributed by atoms with van der Waals surface area (Å²) >= 11 is 0. The number of alkyl halides is 3. The third kappa shape index (κ3) is 3.87. The fourth-order valence-electron chi connectivity index (χ4n) is 3.96. The average molecular weight is 263 g/mol. The number of rotatable bonds is 6. The molecule has 2 bridgehead atoms. The van der Waals surface area contributed by atoms with Crippen LogP contribution in [-0.4, -0.2) is 19.3 Å². The van der Waals surface area contributed by atoms with Crippen LogP contribution in [0.3, 0.4) is 0 Å². The van der Waals surface area contributed by atoms with Crippen LogP contribution in [-0.2, 0) is 0 Å². The van der Waals surface area contributed by atoms with E-state index in [2.05, 4.69) is 5.32 Å². The molecule has 4 atom stereocenters. The van der Waals surface area contributed by atoms with Crippen LogP contribution in [0.25, 0.3) is 0 Å². The topological polar surface area (TPSA) is 12.0 Å². The predicted octanol–water partition coefficient (Wildman–Crippen LogP) is 4.13. The highest BCUT2D eigenvalue weighted by molar-refractivity contribution is 4.91. The molecule has 0 aliphatic heterocycles. The van der Waals surface area contributed by atoms with Gasteiger partial charge in [-0.1, -0.05) is 6.42 Å². The van der Waals surface area contributed by atoms with Crippen molar-refractivity contribution in [2.45, 2.75) is 63.6 Å². The van der Waals surface area contributed by atoms with E-state index in [1.54, 1.807) is 0 Å². The van der Waals surface area contributed by atoms with Crippen LogP contribution in [0.2, 0.25) is 0 Å². The smallest absolute Gasteiger partial charge is 0.317 e. The number of fused-ring (bicyclic) bond motifs is 2. The molecule has 18 heavy (non-hydrogen) atoms. The molecular formula is C14H24F3N. The van der Waals surface area contributed by atoms with Crippen LogP contribution in [0, 0.1) is 17.8 Å². The molecular weight excluding hydrogens is 239 g/mol. The van der Waals surface area contributed by atoms with Crippen LogP contribution in [0.1, 0.15) is 51.4 Å². The fraction of sp³-hybridized carbons (Fsp3) is 1.00. The van der Waals surface area contributed by atoms with Gasteiger partial charge in [0.15, 0.2) is 0 Å². The molecule has 2 rings (SSSR count). The monoisotopic (exact) mass is 263 g/mol. The summed E-state index contributed by atoms with van der Waals surface area (Å²) in [4.78, 5) is 0. The SMILES string of the molecule is CNC(CCCC(F)(F)F)CC1CC2CCC1C2. The van der Waals surface area contributed by atoms with Gasteiger partial charge >= 0.3 is 6.18 Å². The third-order valence-electron chi connectivity index (χ3n) is 4.89. The van der Waals surface area contributed by atoms with Crippen LogP contribution >= 0.6 is 0 Å². The van der Waals surface area contributed by atoms with E-state index >= 15 is 0 Å². The van der Waals surface area contributed by atoms with Crippen molar-refractivity contribution in [1.82, 2.24) is 5.32 Å². The zero-order valence-corrected chi connectivity index (χ0v) is 11.1. The van der Waals surface area contributed by atoms with E-state index in [0.717, 1.165) is 24.2 Å². The number of hydrogen-bond acceptors (Lipinski definition) is 1. The normalized spacial score (nSPS) is 33.0. The minimum Gasteiger partial charge on any atom is -0.317 e. The van der Waals surface area contributed by atoms with Crippen molar-refractivity contribution in [3.8, 4) is 0 Å². The van der Waals surface area contributed by atoms with Gasteiger partial charge in [-0.3, -0.25) is 0 Å². The Bertz CT molecular complexity index is 264. The average Bonchev–Trinajstić information content (AvgIpc) is 2.87. The molecule has 2 fully saturated rings. The Morgan fingerprint density at radius 3 is 2.50 bits per heavy atom. The van der Waals surface area contributed by atoms with Gasteiger partial charge in [-0.2, -0.15) is 13.2 Å². The summed E-state index contributed by atoms with van der Waals surface area (Å²) in [7, 11) is 1.88. The van der Waals surface area contributed by atoms with Crippen molar-refractivity contribution >= 4 is 0 Å². The second-order valence-corrected chi connectivity index (χ2v) is 6.16. The summed E-state index contributed by atoms with van der Waals surface area (Å²) in [5.74, 6) is 2.56. The highest BCUT2D eigenvalue weighted by Gasteiger charge is 2.39. The summed E-state index contributed by atoms with van der Waals surface area (Å²) < 4.78 is 36.4. The first-order valence-corrected chi connectivity index (χ1v) is 7.22. The van der Waals surface area contributed by atoms with Crippen molar-refractivity contribution in [3.63, 3.8) is 0 Å². The van der Waals surface area contributed by atoms with Gasteiger partial charge in [-0.15, -0.1) is 0 Å². The second kappa shape index (κ2) is 5.81. The van der Waals surface area contributed by atoms with Gasteiger partial charge in [-0.25, -0.2) is 0 Å². The van der Waals surface area contributed by atoms with Crippen LogP contribution in [0.4, 0.5) is 13.2 Å². The Labute approximate surface area is 108 Å². The molecule has 0 aromatic carbocycles. The molecule has 0 heterocycles. The van der Waals surface area contributed by atoms with Crippen molar-refractivity contribution in [3.05, 3.63) is 0 Å². The van der Waals surface area contributed by atoms with E-state index in [1.807, 2.05) is 7.05 Å². The minimum absolute atomic E-state index is 0.260. The Morgan fingerprint density at radius 1 is 1.22 bits per heavy atom. The molecule has 0 aromatic rings. The molecule has 0 saturated heterocycles. The first-order valence-electron chi connectivity index (χ1n) is 7.22. The molecule has 2 aliphatic carbocycles. The molecule has 0 aromatic heterocycles. The minimum atomic E-state index is -4.00. The van der Waals surface area contributed by atoms with Crippen molar-refractivity contribution in [1.29, 1.82) is 0 Å². The number of hydrogen-bond donors (Lipinski definition) is 1. The lowest BCUT2D eigenvalue weighted by Crippen LogP contribution is -2.30. The van der Waals surface area contributed by atoms with Gasteiger partial charge in [0, 0.05) is 12.5 Å². The molecule has 2 aliphatic rings. The van der Waals surface area contributed by atoms with Gasteiger partial charge in [0.1, 0.15) is 0 Å². The summed E-state index contributed by atoms with van der Waals surface area (Å²) in [6.45, 7) is 0. The quantitative estimate of drug-likeness (QED) is 0.759. The molecule has 4 heteroatoms. The van der Waals surface area contributed by atoms with E-state index in [1.165, 1.54) is 25.7 Å². The van der Waals surface area contributed by atoms with Crippen LogP contribution in [0.15, 0.2) is 0 Å². The first kappa shape index (κ1) is 14.2. The molecule has 0 spiro atoms. The fourth-order valence-corrected chi connectivity index (χ4v) is 3.96. The van der Waals surface area contributed by atoms with E-state index in [-0.39, 0.29) is 12.5 Å². The Balaban J connectivity index is 1.69. The van der Waals surface area contributed by atoms with E-state index < -0.39 is 12.6 Å². The molecule has 1 N–H and O–H groups in total. The number of nitrogens with one attached hydrogen (secondary N) is 1. The van der Waals surface area contributed by atoms with Crippen LogP contribution < -0.4 is 5.32 Å². The van der Waals surface area contributed by atoms with Gasteiger partial charge < -0.3 is 5.32 Å². The highest BCUT2D eigenvalue weighted by atomic mass is 19.4. The number of halogens is 3. The molecule has 1 nitrogen and oxygen atoms in total. The van der Waals surface area contributed by atoms with Crippen LogP contribution in [0.5, 0.6) is 0 Å². The van der Waals surface area contributed by atoms with E-state index in [9.17, 15) is 13.2 Å². The van der Waals surface area contributed by atoms with Gasteiger partial charge in [0.25, 0.3) is 0 Å². The largest absolute Gasteiger partial charge is 0.389 e. The predicted molar refractivity (Wildman–Crippen MR) is 66.3 cm³/mol. The zero-order valence-electron chi connectivity index (χ0n) is 11.1. The summed E-state index contributed by atoms with van der Waals surface area (Å²) in [5, 5.41) is 3.21. The summed E-state index contributed by atoms with van der Waals surface area (Å²) in [6, 6.07) is 0.275. The maximum absolute atomic E-state index is 12.1. The maximum Gasteiger partial charge on any atom is 0.389 e. The third-order valence-corrected chi connectivity index (χ3v) is 4.89. The zero-order chi connectivity index (χ0) is 13.2. The standard InChI is InChI=1S/C14H24F3N/c1-18-13(3-2-6-14(15,16)17)9-12-8-10-4-5-11(12)7-10/h10-13,18H,2-9H2,1H3. The Kier molecular flexibility index (Phi) is 4.57. The lowest BCUT2D eigenvalue weighted by Gasteiger charge is -2.26. The Morgan fingerprint density at radius 2 is 2.00 bits per heavy atom. The van der Waals surface area contributed by atoms with Crippen molar-refractivity contribution < 1.29 is 13.2 Å². The van der Waals surface area contributed by atoms with Gasteiger partial charge in [-0.05, 0) is 63.3 Å². The highest BCUT2D eigenvalue weighted by Crippen LogP contribution is 2.50. The second-order valence-electron chi connectivity index (χ2n) is 6.16. The Hall–Kier alpha value is -0.250. The van der Waals surface area contributed by atoms with Crippen molar-refractivity contribution in [2.24, 2.45) is 17.8 Å².